The first kappa shape index (κ1) is 41.4. The van der Waals surface area contributed by atoms with Gasteiger partial charge in [0.05, 0.1) is 20.8 Å². The largest absolute Gasteiger partial charge is 0.497 e. The van der Waals surface area contributed by atoms with E-state index in [4.69, 9.17) is 18.6 Å². The first-order chi connectivity index (χ1) is 25.5. The Labute approximate surface area is 317 Å². The highest BCUT2D eigenvalue weighted by Crippen LogP contribution is 2.62. The van der Waals surface area contributed by atoms with Crippen LogP contribution in [-0.2, 0) is 30.9 Å². The van der Waals surface area contributed by atoms with Crippen molar-refractivity contribution in [2.24, 2.45) is 0 Å². The summed E-state index contributed by atoms with van der Waals surface area (Å²) in [6.07, 6.45) is -6.21. The van der Waals surface area contributed by atoms with E-state index >= 15 is 0 Å². The lowest BCUT2D eigenvalue weighted by atomic mass is 9.66. The number of amides is 1. The third-order valence-corrected chi connectivity index (χ3v) is 15.4. The summed E-state index contributed by atoms with van der Waals surface area (Å²) in [6.45, 7) is 9.52. The van der Waals surface area contributed by atoms with Crippen LogP contribution >= 0.6 is 0 Å². The average Bonchev–Trinajstić information content (AvgIpc) is 3.33. The Kier molecular flexibility index (Phi) is 10.8. The molecule has 4 atom stereocenters. The smallest absolute Gasteiger partial charge is 0.471 e. The Bertz CT molecular complexity index is 2070. The fourth-order valence-electron chi connectivity index (χ4n) is 6.97. The van der Waals surface area contributed by atoms with Crippen LogP contribution in [-0.4, -0.2) is 72.6 Å². The predicted octanol–water partition coefficient (Wildman–Crippen LogP) is 4.89. The molecule has 4 N–H and O–H groups in total. The van der Waals surface area contributed by atoms with Gasteiger partial charge in [-0.2, -0.15) is 13.2 Å². The van der Waals surface area contributed by atoms with Crippen LogP contribution in [0.2, 0.25) is 18.1 Å². The van der Waals surface area contributed by atoms with Crippen molar-refractivity contribution in [3.63, 3.8) is 0 Å². The number of alkyl halides is 3. The van der Waals surface area contributed by atoms with E-state index in [2.05, 4.69) is 4.98 Å². The van der Waals surface area contributed by atoms with Crippen molar-refractivity contribution < 1.29 is 46.8 Å². The van der Waals surface area contributed by atoms with Crippen molar-refractivity contribution >= 4 is 14.2 Å². The number of carbonyl (C=O) groups excluding carboxylic acids is 1. The van der Waals surface area contributed by atoms with E-state index in [0.717, 1.165) is 16.8 Å². The number of aliphatic hydroxyl groups is 2. The molecule has 1 aliphatic rings. The van der Waals surface area contributed by atoms with Gasteiger partial charge in [-0.1, -0.05) is 75.4 Å². The molecular weight excluding hydrogens is 740 g/mol. The minimum Gasteiger partial charge on any atom is -0.497 e. The van der Waals surface area contributed by atoms with Crippen molar-refractivity contribution in [2.75, 3.05) is 20.8 Å². The van der Waals surface area contributed by atoms with Gasteiger partial charge < -0.3 is 34.2 Å². The molecule has 0 saturated carbocycles. The lowest BCUT2D eigenvalue weighted by Crippen LogP contribution is -2.69. The molecular formula is C39H46F3N3O9Si. The first-order valence-electron chi connectivity index (χ1n) is 17.4. The maximum absolute atomic E-state index is 14.1. The van der Waals surface area contributed by atoms with E-state index < -0.39 is 71.9 Å². The highest BCUT2D eigenvalue weighted by Gasteiger charge is 2.78. The second-order valence-electron chi connectivity index (χ2n) is 15.2. The molecule has 2 heterocycles. The molecule has 0 radical (unpaired) electrons. The molecule has 12 nitrogen and oxygen atoms in total. The normalized spacial score (nSPS) is 23.3. The number of aromatic amines is 1. The third-order valence-electron chi connectivity index (χ3n) is 11.0. The standard InChI is InChI=1S/C39H46F3N3O9Si/c1-34(2,3)55(7,8)53-31-36(24-43-32(47)39(40,41)42,37(49,26-14-18-28(51-5)19-15-26)27-16-20-29(52-6)21-17-27)54-35(4,45-23-22-30(46)44-33(45)48)38(31,50)25-12-10-9-11-13-25/h9-23,31,49-50H,24H2,1-8H3,(H,43,47)(H,44,46,48)/t31-,35-,36+,38-/m1/s1. The van der Waals surface area contributed by atoms with Gasteiger partial charge in [0, 0.05) is 12.3 Å². The van der Waals surface area contributed by atoms with Gasteiger partial charge in [0.2, 0.25) is 0 Å². The van der Waals surface area contributed by atoms with Gasteiger partial charge in [-0.3, -0.25) is 19.1 Å². The number of H-pyrrole nitrogens is 1. The minimum absolute atomic E-state index is 0.0250. The summed E-state index contributed by atoms with van der Waals surface area (Å²) >= 11 is 0. The van der Waals surface area contributed by atoms with Crippen molar-refractivity contribution in [1.82, 2.24) is 14.9 Å². The van der Waals surface area contributed by atoms with E-state index in [0.29, 0.717) is 11.5 Å². The summed E-state index contributed by atoms with van der Waals surface area (Å²) in [4.78, 5) is 41.2. The quantitative estimate of drug-likeness (QED) is 0.155. The second kappa shape index (κ2) is 14.4. The van der Waals surface area contributed by atoms with Crippen LogP contribution in [0.3, 0.4) is 0 Å². The predicted molar refractivity (Wildman–Crippen MR) is 199 cm³/mol. The Morgan fingerprint density at radius 3 is 1.85 bits per heavy atom. The Balaban J connectivity index is 2.03. The Hall–Kier alpha value is -4.74. The van der Waals surface area contributed by atoms with Crippen LogP contribution in [0, 0.1) is 0 Å². The van der Waals surface area contributed by atoms with E-state index in [-0.39, 0.29) is 16.7 Å². The van der Waals surface area contributed by atoms with E-state index in [9.17, 15) is 37.8 Å². The number of hydrogen-bond acceptors (Lipinski definition) is 9. The highest BCUT2D eigenvalue weighted by molar-refractivity contribution is 6.74. The van der Waals surface area contributed by atoms with Gasteiger partial charge in [0.1, 0.15) is 23.2 Å². The molecule has 1 fully saturated rings. The number of methoxy groups -OCH3 is 2. The van der Waals surface area contributed by atoms with E-state index in [1.165, 1.54) is 81.8 Å². The zero-order chi connectivity index (χ0) is 40.8. The molecule has 5 rings (SSSR count). The summed E-state index contributed by atoms with van der Waals surface area (Å²) in [7, 11) is -0.389. The topological polar surface area (TPSA) is 161 Å². The second-order valence-corrected chi connectivity index (χ2v) is 19.9. The summed E-state index contributed by atoms with van der Waals surface area (Å²) in [5.41, 5.74) is -12.0. The van der Waals surface area contributed by atoms with Crippen LogP contribution in [0.15, 0.2) is 101 Å². The fourth-order valence-corrected chi connectivity index (χ4v) is 8.27. The summed E-state index contributed by atoms with van der Waals surface area (Å²) in [5.74, 6) is -1.63. The molecule has 1 aliphatic heterocycles. The molecule has 1 saturated heterocycles. The number of rotatable bonds is 11. The molecule has 0 unspecified atom stereocenters. The maximum atomic E-state index is 14.1. The van der Waals surface area contributed by atoms with Crippen molar-refractivity contribution in [1.29, 1.82) is 0 Å². The molecule has 1 amide bonds. The number of carbonyl (C=O) groups is 1. The van der Waals surface area contributed by atoms with Gasteiger partial charge in [-0.25, -0.2) is 4.79 Å². The third kappa shape index (κ3) is 6.90. The lowest BCUT2D eigenvalue weighted by molar-refractivity contribution is -0.240. The molecule has 0 spiro atoms. The number of halogens is 3. The average molecular weight is 786 g/mol. The minimum atomic E-state index is -5.39. The lowest BCUT2D eigenvalue weighted by Gasteiger charge is -2.52. The molecule has 55 heavy (non-hydrogen) atoms. The zero-order valence-corrected chi connectivity index (χ0v) is 32.8. The van der Waals surface area contributed by atoms with Gasteiger partial charge in [0.25, 0.3) is 5.56 Å². The zero-order valence-electron chi connectivity index (χ0n) is 31.8. The van der Waals surface area contributed by atoms with Gasteiger partial charge in [-0.05, 0) is 66.0 Å². The number of aromatic nitrogens is 2. The van der Waals surface area contributed by atoms with E-state index in [1.807, 2.05) is 39.2 Å². The monoisotopic (exact) mass is 785 g/mol. The fraction of sp³-hybridized carbons (Fsp3) is 0.410. The van der Waals surface area contributed by atoms with Crippen LogP contribution in [0.5, 0.6) is 11.5 Å². The molecule has 0 aliphatic carbocycles. The number of nitrogens with one attached hydrogen (secondary N) is 2. The summed E-state index contributed by atoms with van der Waals surface area (Å²) in [6, 6.07) is 20.8. The molecule has 296 valence electrons. The summed E-state index contributed by atoms with van der Waals surface area (Å²) < 4.78 is 68.2. The van der Waals surface area contributed by atoms with Crippen molar-refractivity contribution in [3.8, 4) is 11.5 Å². The highest BCUT2D eigenvalue weighted by atomic mass is 28.4. The van der Waals surface area contributed by atoms with Gasteiger partial charge >= 0.3 is 17.8 Å². The molecule has 1 aromatic heterocycles. The van der Waals surface area contributed by atoms with Crippen molar-refractivity contribution in [2.45, 2.75) is 80.6 Å². The van der Waals surface area contributed by atoms with Crippen LogP contribution in [0.1, 0.15) is 44.4 Å². The number of ether oxygens (including phenoxy) is 3. The van der Waals surface area contributed by atoms with E-state index in [1.54, 1.807) is 18.2 Å². The van der Waals surface area contributed by atoms with Crippen LogP contribution in [0.4, 0.5) is 13.2 Å². The van der Waals surface area contributed by atoms with Gasteiger partial charge in [0.15, 0.2) is 25.2 Å². The number of nitrogens with zero attached hydrogens (tertiary/aromatic N) is 1. The Morgan fingerprint density at radius 1 is 0.909 bits per heavy atom. The molecule has 4 aromatic rings. The molecule has 16 heteroatoms. The first-order valence-corrected chi connectivity index (χ1v) is 20.3. The number of benzene rings is 3. The van der Waals surface area contributed by atoms with Gasteiger partial charge in [-0.15, -0.1) is 0 Å². The van der Waals surface area contributed by atoms with Crippen LogP contribution in [0.25, 0.3) is 0 Å². The number of hydrogen-bond donors (Lipinski definition) is 4. The SMILES string of the molecule is COc1ccc(C(O)(c2ccc(OC)cc2)[C@@]2(CNC(=O)C(F)(F)F)O[C@@](C)(n3ccc(=O)[nH]c3=O)[C@@](O)(c3ccccc3)[C@@H]2O[Si](C)(C)C(C)(C)C)cc1. The maximum Gasteiger partial charge on any atom is 0.471 e. The summed E-state index contributed by atoms with van der Waals surface area (Å²) in [5, 5.41) is 28.9. The molecule has 0 bridgehead atoms. The van der Waals surface area contributed by atoms with Crippen molar-refractivity contribution in [3.05, 3.63) is 129 Å². The molecule has 3 aromatic carbocycles. The Morgan fingerprint density at radius 2 is 1.42 bits per heavy atom. The van der Waals surface area contributed by atoms with Crippen LogP contribution < -0.4 is 26.0 Å².